The summed E-state index contributed by atoms with van der Waals surface area (Å²) in [5, 5.41) is 0. The number of nitrogens with one attached hydrogen (secondary N) is 1. The lowest BCUT2D eigenvalue weighted by Gasteiger charge is -2.05. The van der Waals surface area contributed by atoms with Gasteiger partial charge in [0.15, 0.2) is 12.4 Å². The lowest BCUT2D eigenvalue weighted by Crippen LogP contribution is -2.31. The number of esters is 1. The normalized spacial score (nSPS) is 10.1. The van der Waals surface area contributed by atoms with Crippen molar-refractivity contribution in [2.45, 2.75) is 6.54 Å². The molecule has 1 heterocycles. The number of aromatic amines is 1. The number of ketones is 1. The number of carbonyl (C=O) groups excluding carboxylic acids is 2. The molecule has 2 aromatic rings. The van der Waals surface area contributed by atoms with Gasteiger partial charge in [0, 0.05) is 17.8 Å². The van der Waals surface area contributed by atoms with Gasteiger partial charge in [-0.05, 0) is 0 Å². The number of aromatic nitrogens is 2. The Morgan fingerprint density at radius 2 is 1.81 bits per heavy atom. The Hall–Kier alpha value is -2.96. The number of hydrogen-bond donors (Lipinski definition) is 1. The second-order valence-electron chi connectivity index (χ2n) is 4.19. The van der Waals surface area contributed by atoms with Gasteiger partial charge < -0.3 is 4.74 Å². The summed E-state index contributed by atoms with van der Waals surface area (Å²) in [5.74, 6) is -1.08. The number of benzene rings is 1. The van der Waals surface area contributed by atoms with Crippen LogP contribution in [0.5, 0.6) is 0 Å². The summed E-state index contributed by atoms with van der Waals surface area (Å²) in [6.45, 7) is -0.779. The topological polar surface area (TPSA) is 98.2 Å². The zero-order chi connectivity index (χ0) is 15.2. The highest BCUT2D eigenvalue weighted by Gasteiger charge is 2.10. The Labute approximate surface area is 118 Å². The standard InChI is InChI=1S/C14H12N2O5/c17-11(10-4-2-1-3-5-10)9-21-13(19)8-16-7-6-12(18)15-14(16)20/h1-7H,8-9H2,(H,15,18,20). The molecule has 0 bridgehead atoms. The predicted octanol–water partition coefficient (Wildman–Crippen LogP) is -0.0373. The molecule has 21 heavy (non-hydrogen) atoms. The van der Waals surface area contributed by atoms with E-state index in [1.807, 2.05) is 4.98 Å². The van der Waals surface area contributed by atoms with Crippen LogP contribution in [0.25, 0.3) is 0 Å². The van der Waals surface area contributed by atoms with E-state index in [-0.39, 0.29) is 12.3 Å². The average molecular weight is 288 g/mol. The highest BCUT2D eigenvalue weighted by Crippen LogP contribution is 2.00. The third-order valence-electron chi connectivity index (χ3n) is 2.66. The number of rotatable bonds is 5. The van der Waals surface area contributed by atoms with Crippen molar-refractivity contribution in [3.05, 3.63) is 69.0 Å². The van der Waals surface area contributed by atoms with Gasteiger partial charge >= 0.3 is 11.7 Å². The second kappa shape index (κ2) is 6.47. The van der Waals surface area contributed by atoms with E-state index in [2.05, 4.69) is 0 Å². The predicted molar refractivity (Wildman–Crippen MR) is 73.1 cm³/mol. The molecular weight excluding hydrogens is 276 g/mol. The first-order valence-electron chi connectivity index (χ1n) is 6.10. The molecule has 0 radical (unpaired) electrons. The Morgan fingerprint density at radius 3 is 2.48 bits per heavy atom. The van der Waals surface area contributed by atoms with Crippen LogP contribution in [-0.2, 0) is 16.1 Å². The summed E-state index contributed by atoms with van der Waals surface area (Å²) < 4.78 is 5.79. The molecule has 7 heteroatoms. The van der Waals surface area contributed by atoms with Crippen LogP contribution in [-0.4, -0.2) is 27.9 Å². The van der Waals surface area contributed by atoms with Gasteiger partial charge in [-0.2, -0.15) is 0 Å². The number of nitrogens with zero attached hydrogens (tertiary/aromatic N) is 1. The summed E-state index contributed by atoms with van der Waals surface area (Å²) in [6.07, 6.45) is 1.18. The largest absolute Gasteiger partial charge is 0.456 e. The first-order chi connectivity index (χ1) is 10.1. The SMILES string of the molecule is O=C(Cn1ccc(=O)[nH]c1=O)OCC(=O)c1ccccc1. The fourth-order valence-corrected chi connectivity index (χ4v) is 1.61. The van der Waals surface area contributed by atoms with Crippen molar-refractivity contribution in [2.75, 3.05) is 6.61 Å². The van der Waals surface area contributed by atoms with E-state index >= 15 is 0 Å². The van der Waals surface area contributed by atoms with E-state index in [4.69, 9.17) is 4.74 Å². The molecule has 0 aliphatic rings. The monoisotopic (exact) mass is 288 g/mol. The van der Waals surface area contributed by atoms with Crippen LogP contribution in [0.15, 0.2) is 52.2 Å². The van der Waals surface area contributed by atoms with Gasteiger partial charge in [0.1, 0.15) is 6.54 Å². The van der Waals surface area contributed by atoms with Crippen LogP contribution in [0.4, 0.5) is 0 Å². The van der Waals surface area contributed by atoms with Crippen molar-refractivity contribution >= 4 is 11.8 Å². The Morgan fingerprint density at radius 1 is 1.10 bits per heavy atom. The van der Waals surface area contributed by atoms with Gasteiger partial charge in [0.2, 0.25) is 0 Å². The smallest absolute Gasteiger partial charge is 0.328 e. The van der Waals surface area contributed by atoms with Gasteiger partial charge in [-0.25, -0.2) is 4.79 Å². The van der Waals surface area contributed by atoms with Crippen molar-refractivity contribution in [2.24, 2.45) is 0 Å². The highest BCUT2D eigenvalue weighted by atomic mass is 16.5. The molecule has 1 aromatic carbocycles. The number of H-pyrrole nitrogens is 1. The van der Waals surface area contributed by atoms with E-state index < -0.39 is 23.8 Å². The van der Waals surface area contributed by atoms with E-state index in [9.17, 15) is 19.2 Å². The fraction of sp³-hybridized carbons (Fsp3) is 0.143. The lowest BCUT2D eigenvalue weighted by atomic mass is 10.1. The molecule has 1 N–H and O–H groups in total. The molecule has 0 amide bonds. The van der Waals surface area contributed by atoms with E-state index in [0.29, 0.717) is 5.56 Å². The zero-order valence-corrected chi connectivity index (χ0v) is 10.9. The quantitative estimate of drug-likeness (QED) is 0.615. The molecule has 0 aliphatic heterocycles. The summed E-state index contributed by atoms with van der Waals surface area (Å²) >= 11 is 0. The maximum absolute atomic E-state index is 11.7. The zero-order valence-electron chi connectivity index (χ0n) is 10.9. The Bertz CT molecular complexity index is 761. The lowest BCUT2D eigenvalue weighted by molar-refractivity contribution is -0.143. The van der Waals surface area contributed by atoms with Gasteiger partial charge in [0.25, 0.3) is 5.56 Å². The van der Waals surface area contributed by atoms with Crippen molar-refractivity contribution < 1.29 is 14.3 Å². The molecule has 0 saturated heterocycles. The van der Waals surface area contributed by atoms with Crippen LogP contribution < -0.4 is 11.2 Å². The molecular formula is C14H12N2O5. The molecule has 7 nitrogen and oxygen atoms in total. The summed E-state index contributed by atoms with van der Waals surface area (Å²) in [7, 11) is 0. The Balaban J connectivity index is 1.92. The van der Waals surface area contributed by atoms with Gasteiger partial charge in [-0.15, -0.1) is 0 Å². The minimum Gasteiger partial charge on any atom is -0.456 e. The van der Waals surface area contributed by atoms with Crippen molar-refractivity contribution in [3.8, 4) is 0 Å². The number of ether oxygens (including phenoxy) is 1. The van der Waals surface area contributed by atoms with Gasteiger partial charge in [0.05, 0.1) is 0 Å². The molecule has 1 aromatic heterocycles. The third-order valence-corrected chi connectivity index (χ3v) is 2.66. The molecule has 0 unspecified atom stereocenters. The van der Waals surface area contributed by atoms with E-state index in [1.165, 1.54) is 6.20 Å². The molecule has 108 valence electrons. The van der Waals surface area contributed by atoms with Gasteiger partial charge in [-0.3, -0.25) is 23.9 Å². The molecule has 2 rings (SSSR count). The maximum atomic E-state index is 11.7. The van der Waals surface area contributed by atoms with Crippen LogP contribution in [0.2, 0.25) is 0 Å². The minimum absolute atomic E-state index is 0.335. The van der Waals surface area contributed by atoms with E-state index in [0.717, 1.165) is 10.6 Å². The molecule has 0 aliphatic carbocycles. The fourth-order valence-electron chi connectivity index (χ4n) is 1.61. The Kier molecular flexibility index (Phi) is 4.45. The number of carbonyl (C=O) groups is 2. The van der Waals surface area contributed by atoms with Crippen LogP contribution in [0.1, 0.15) is 10.4 Å². The summed E-state index contributed by atoms with van der Waals surface area (Å²) in [4.78, 5) is 47.5. The van der Waals surface area contributed by atoms with Crippen molar-refractivity contribution in [1.82, 2.24) is 9.55 Å². The average Bonchev–Trinajstić information content (AvgIpc) is 2.48. The highest BCUT2D eigenvalue weighted by molar-refractivity contribution is 5.97. The second-order valence-corrected chi connectivity index (χ2v) is 4.19. The maximum Gasteiger partial charge on any atom is 0.328 e. The van der Waals surface area contributed by atoms with Crippen LogP contribution in [0, 0.1) is 0 Å². The molecule has 0 atom stereocenters. The number of Topliss-reactive ketones (excluding diaryl/α,β-unsaturated/α-hetero) is 1. The van der Waals surface area contributed by atoms with Crippen molar-refractivity contribution in [1.29, 1.82) is 0 Å². The summed E-state index contributed by atoms with van der Waals surface area (Å²) in [5.41, 5.74) is -0.829. The third kappa shape index (κ3) is 4.00. The first-order valence-corrected chi connectivity index (χ1v) is 6.10. The molecule has 0 saturated carbocycles. The minimum atomic E-state index is -0.742. The van der Waals surface area contributed by atoms with E-state index in [1.54, 1.807) is 30.3 Å². The summed E-state index contributed by atoms with van der Waals surface area (Å²) in [6, 6.07) is 9.52. The van der Waals surface area contributed by atoms with Gasteiger partial charge in [-0.1, -0.05) is 30.3 Å². The van der Waals surface area contributed by atoms with Crippen molar-refractivity contribution in [3.63, 3.8) is 0 Å². The van der Waals surface area contributed by atoms with Crippen LogP contribution >= 0.6 is 0 Å². The molecule has 0 fully saturated rings. The van der Waals surface area contributed by atoms with Crippen LogP contribution in [0.3, 0.4) is 0 Å². The molecule has 0 spiro atoms. The first kappa shape index (κ1) is 14.4. The number of hydrogen-bond acceptors (Lipinski definition) is 5.